The highest BCUT2D eigenvalue weighted by Crippen LogP contribution is 2.49. The van der Waals surface area contributed by atoms with Crippen LogP contribution in [0.15, 0.2) is 36.4 Å². The molecule has 0 nitrogen and oxygen atoms in total. The molecule has 0 aliphatic carbocycles. The van der Waals surface area contributed by atoms with Crippen LogP contribution in [-0.2, 0) is 12.8 Å². The molecule has 0 saturated carbocycles. The Morgan fingerprint density at radius 3 is 1.00 bits per heavy atom. The Morgan fingerprint density at radius 2 is 0.667 bits per heavy atom. The Bertz CT molecular complexity index is 2080. The van der Waals surface area contributed by atoms with E-state index in [1.807, 2.05) is 24.3 Å². The predicted octanol–water partition coefficient (Wildman–Crippen LogP) is 15.9. The van der Waals surface area contributed by atoms with Crippen molar-refractivity contribution in [3.05, 3.63) is 106 Å². The number of hydrogen-bond donors (Lipinski definition) is 0. The van der Waals surface area contributed by atoms with Gasteiger partial charge in [-0.25, -0.2) is 43.9 Å². The SMILES string of the molecule is CCCCCCc1cc(-c2c(F)c(F)c(F)c(F)c2F)sc1-c1ccc(-c2ccc(-c3sc(-c4c(F)c(F)c(F)c(F)c4F)cc3CCCCCC)s2)s1. The molecular formula is C40H32F10S4. The average Bonchev–Trinajstić information content (AvgIpc) is 3.99. The topological polar surface area (TPSA) is 0 Å². The van der Waals surface area contributed by atoms with Crippen molar-refractivity contribution in [1.29, 1.82) is 0 Å². The van der Waals surface area contributed by atoms with Gasteiger partial charge in [-0.2, -0.15) is 0 Å². The quantitative estimate of drug-likeness (QED) is 0.0419. The second-order valence-corrected chi connectivity index (χ2v) is 17.0. The minimum atomic E-state index is -2.22. The van der Waals surface area contributed by atoms with Gasteiger partial charge in [0.25, 0.3) is 0 Å². The zero-order valence-corrected chi connectivity index (χ0v) is 32.2. The summed E-state index contributed by atoms with van der Waals surface area (Å²) in [6.07, 6.45) is 8.28. The van der Waals surface area contributed by atoms with Gasteiger partial charge in [-0.05, 0) is 73.2 Å². The summed E-state index contributed by atoms with van der Waals surface area (Å²) in [5.41, 5.74) is -0.489. The molecule has 4 heterocycles. The highest BCUT2D eigenvalue weighted by Gasteiger charge is 2.30. The number of hydrogen-bond acceptors (Lipinski definition) is 4. The lowest BCUT2D eigenvalue weighted by Gasteiger charge is -2.06. The normalized spacial score (nSPS) is 11.7. The first-order valence-electron chi connectivity index (χ1n) is 17.4. The summed E-state index contributed by atoms with van der Waals surface area (Å²) in [5.74, 6) is -20.0. The fourth-order valence-corrected chi connectivity index (χ4v) is 11.1. The number of unbranched alkanes of at least 4 members (excludes halogenated alkanes) is 6. The van der Waals surface area contributed by atoms with Crippen LogP contribution in [0, 0.1) is 58.2 Å². The highest BCUT2D eigenvalue weighted by atomic mass is 32.1. The molecule has 6 aromatic rings. The van der Waals surface area contributed by atoms with Gasteiger partial charge in [0.05, 0.1) is 11.1 Å². The van der Waals surface area contributed by atoms with Crippen molar-refractivity contribution < 1.29 is 43.9 Å². The molecule has 0 saturated heterocycles. The van der Waals surface area contributed by atoms with Crippen molar-refractivity contribution in [3.8, 4) is 50.1 Å². The molecule has 0 aliphatic rings. The number of thiophene rings is 4. The van der Waals surface area contributed by atoms with E-state index in [1.54, 1.807) is 0 Å². The molecule has 286 valence electrons. The smallest absolute Gasteiger partial charge is 0.200 e. The first-order chi connectivity index (χ1) is 25.9. The second kappa shape index (κ2) is 17.1. The van der Waals surface area contributed by atoms with E-state index in [0.29, 0.717) is 22.6 Å². The maximum atomic E-state index is 14.9. The third-order valence-electron chi connectivity index (χ3n) is 9.03. The van der Waals surface area contributed by atoms with Crippen molar-refractivity contribution in [2.24, 2.45) is 0 Å². The Morgan fingerprint density at radius 1 is 0.352 bits per heavy atom. The Balaban J connectivity index is 1.37. The first kappa shape index (κ1) is 40.2. The van der Waals surface area contributed by atoms with Gasteiger partial charge in [0, 0.05) is 39.0 Å². The molecule has 6 rings (SSSR count). The number of aryl methyl sites for hydroxylation is 2. The molecule has 0 N–H and O–H groups in total. The molecule has 0 radical (unpaired) electrons. The third-order valence-corrected chi connectivity index (χ3v) is 14.1. The van der Waals surface area contributed by atoms with Crippen molar-refractivity contribution >= 4 is 45.3 Å². The third kappa shape index (κ3) is 7.81. The van der Waals surface area contributed by atoms with E-state index in [4.69, 9.17) is 0 Å². The standard InChI is InChI=1S/C40H32F10S4/c1-3-5-7-9-11-19-17-25(27-29(41)33(45)37(49)34(46)30(27)42)53-39(19)23-15-13-21(51-23)22-14-16-24(52-22)40-20(12-10-8-6-4-2)18-26(54-40)28-31(43)35(47)38(50)36(48)32(28)44/h13-18H,3-12H2,1-2H3. The molecule has 0 amide bonds. The summed E-state index contributed by atoms with van der Waals surface area (Å²) in [7, 11) is 0. The Kier molecular flexibility index (Phi) is 12.8. The largest absolute Gasteiger partial charge is 0.203 e. The predicted molar refractivity (Wildman–Crippen MR) is 200 cm³/mol. The van der Waals surface area contributed by atoms with E-state index in [-0.39, 0.29) is 9.75 Å². The summed E-state index contributed by atoms with van der Waals surface area (Å²) in [6, 6.07) is 10.4. The van der Waals surface area contributed by atoms with Crippen LogP contribution in [-0.4, -0.2) is 0 Å². The zero-order valence-electron chi connectivity index (χ0n) is 28.9. The lowest BCUT2D eigenvalue weighted by molar-refractivity contribution is 0.381. The molecule has 0 bridgehead atoms. The number of halogens is 10. The maximum Gasteiger partial charge on any atom is 0.200 e. The summed E-state index contributed by atoms with van der Waals surface area (Å²) in [5, 5.41) is 0. The minimum Gasteiger partial charge on any atom is -0.203 e. The molecule has 2 aromatic carbocycles. The van der Waals surface area contributed by atoms with Gasteiger partial charge in [0.2, 0.25) is 11.6 Å². The van der Waals surface area contributed by atoms with Crippen LogP contribution < -0.4 is 0 Å². The van der Waals surface area contributed by atoms with E-state index in [9.17, 15) is 43.9 Å². The minimum absolute atomic E-state index is 0.0783. The van der Waals surface area contributed by atoms with Crippen molar-refractivity contribution in [2.75, 3.05) is 0 Å². The van der Waals surface area contributed by atoms with Crippen molar-refractivity contribution in [2.45, 2.75) is 78.1 Å². The summed E-state index contributed by atoms with van der Waals surface area (Å²) in [4.78, 5) is 4.22. The van der Waals surface area contributed by atoms with Crippen LogP contribution in [0.1, 0.15) is 76.3 Å². The molecular weight excluding hydrogens is 799 g/mol. The fourth-order valence-electron chi connectivity index (χ4n) is 6.20. The van der Waals surface area contributed by atoms with Gasteiger partial charge in [0.1, 0.15) is 0 Å². The highest BCUT2D eigenvalue weighted by molar-refractivity contribution is 7.29. The van der Waals surface area contributed by atoms with Gasteiger partial charge in [-0.3, -0.25) is 0 Å². The molecule has 0 aliphatic heterocycles. The van der Waals surface area contributed by atoms with E-state index >= 15 is 0 Å². The van der Waals surface area contributed by atoms with Crippen LogP contribution >= 0.6 is 45.3 Å². The molecule has 54 heavy (non-hydrogen) atoms. The molecule has 4 aromatic heterocycles. The lowest BCUT2D eigenvalue weighted by atomic mass is 10.0. The van der Waals surface area contributed by atoms with Gasteiger partial charge >= 0.3 is 0 Å². The Labute approximate surface area is 321 Å². The van der Waals surface area contributed by atoms with Gasteiger partial charge in [0.15, 0.2) is 46.5 Å². The maximum absolute atomic E-state index is 14.9. The number of rotatable bonds is 15. The van der Waals surface area contributed by atoms with Crippen LogP contribution in [0.3, 0.4) is 0 Å². The number of benzene rings is 2. The monoisotopic (exact) mass is 830 g/mol. The summed E-state index contributed by atoms with van der Waals surface area (Å²) < 4.78 is 144. The molecule has 0 spiro atoms. The van der Waals surface area contributed by atoms with E-state index < -0.39 is 69.3 Å². The van der Waals surface area contributed by atoms with E-state index in [0.717, 1.165) is 105 Å². The average molecular weight is 831 g/mol. The Hall–Kier alpha value is -3.46. The first-order valence-corrected chi connectivity index (χ1v) is 20.6. The lowest BCUT2D eigenvalue weighted by Crippen LogP contribution is -2.03. The molecule has 0 atom stereocenters. The molecule has 0 fully saturated rings. The molecule has 0 unspecified atom stereocenters. The van der Waals surface area contributed by atoms with E-state index in [1.165, 1.54) is 34.8 Å². The second-order valence-electron chi connectivity index (χ2n) is 12.8. The van der Waals surface area contributed by atoms with Gasteiger partial charge in [-0.1, -0.05) is 52.4 Å². The summed E-state index contributed by atoms with van der Waals surface area (Å²) in [6.45, 7) is 4.11. The summed E-state index contributed by atoms with van der Waals surface area (Å²) >= 11 is 4.66. The van der Waals surface area contributed by atoms with Gasteiger partial charge < -0.3 is 0 Å². The van der Waals surface area contributed by atoms with Crippen molar-refractivity contribution in [1.82, 2.24) is 0 Å². The van der Waals surface area contributed by atoms with E-state index in [2.05, 4.69) is 13.8 Å². The van der Waals surface area contributed by atoms with Gasteiger partial charge in [-0.15, -0.1) is 45.3 Å². The van der Waals surface area contributed by atoms with Crippen LogP contribution in [0.4, 0.5) is 43.9 Å². The fraction of sp³-hybridized carbons (Fsp3) is 0.300. The van der Waals surface area contributed by atoms with Crippen LogP contribution in [0.2, 0.25) is 0 Å². The van der Waals surface area contributed by atoms with Crippen LogP contribution in [0.5, 0.6) is 0 Å². The van der Waals surface area contributed by atoms with Crippen LogP contribution in [0.25, 0.3) is 50.1 Å². The molecule has 14 heteroatoms. The van der Waals surface area contributed by atoms with Crippen molar-refractivity contribution in [3.63, 3.8) is 0 Å². The zero-order chi connectivity index (χ0) is 38.8.